The highest BCUT2D eigenvalue weighted by Gasteiger charge is 2.13. The molecule has 2 nitrogen and oxygen atoms in total. The number of methoxy groups -OCH3 is 1. The molecule has 0 aliphatic heterocycles. The standard InChI is InChI=1S/C16H16BrF2NO/c1-10(14-8-13(18)5-6-16(14)21-2)20-9-11-3-4-12(17)7-15(11)19/h3-8,10,20H,9H2,1-2H3. The molecule has 0 bridgehead atoms. The highest BCUT2D eigenvalue weighted by molar-refractivity contribution is 9.10. The molecule has 5 heteroatoms. The lowest BCUT2D eigenvalue weighted by atomic mass is 10.1. The van der Waals surface area contributed by atoms with Crippen LogP contribution in [0.4, 0.5) is 8.78 Å². The topological polar surface area (TPSA) is 21.3 Å². The zero-order valence-electron chi connectivity index (χ0n) is 11.8. The van der Waals surface area contributed by atoms with Gasteiger partial charge in [0.1, 0.15) is 17.4 Å². The molecule has 0 fully saturated rings. The van der Waals surface area contributed by atoms with Crippen molar-refractivity contribution >= 4 is 15.9 Å². The van der Waals surface area contributed by atoms with E-state index in [-0.39, 0.29) is 17.7 Å². The van der Waals surface area contributed by atoms with Crippen LogP contribution in [-0.2, 0) is 6.54 Å². The maximum Gasteiger partial charge on any atom is 0.128 e. The molecule has 0 radical (unpaired) electrons. The van der Waals surface area contributed by atoms with Crippen LogP contribution >= 0.6 is 15.9 Å². The monoisotopic (exact) mass is 355 g/mol. The van der Waals surface area contributed by atoms with E-state index in [1.807, 2.05) is 6.92 Å². The van der Waals surface area contributed by atoms with Crippen molar-refractivity contribution in [1.82, 2.24) is 5.32 Å². The first-order valence-electron chi connectivity index (χ1n) is 6.52. The van der Waals surface area contributed by atoms with Gasteiger partial charge in [0.15, 0.2) is 0 Å². The Kier molecular flexibility index (Phi) is 5.31. The van der Waals surface area contributed by atoms with Crippen LogP contribution in [-0.4, -0.2) is 7.11 Å². The fraction of sp³-hybridized carbons (Fsp3) is 0.250. The maximum absolute atomic E-state index is 13.8. The van der Waals surface area contributed by atoms with Crippen molar-refractivity contribution in [2.24, 2.45) is 0 Å². The van der Waals surface area contributed by atoms with Gasteiger partial charge < -0.3 is 10.1 Å². The molecule has 1 N–H and O–H groups in total. The van der Waals surface area contributed by atoms with Gasteiger partial charge in [0.05, 0.1) is 7.11 Å². The summed E-state index contributed by atoms with van der Waals surface area (Å²) in [7, 11) is 1.54. The Morgan fingerprint density at radius 3 is 2.62 bits per heavy atom. The first-order valence-corrected chi connectivity index (χ1v) is 7.31. The molecule has 1 atom stereocenters. The van der Waals surface area contributed by atoms with Crippen LogP contribution in [0.2, 0.25) is 0 Å². The average Bonchev–Trinajstić information content (AvgIpc) is 2.46. The molecule has 112 valence electrons. The van der Waals surface area contributed by atoms with E-state index in [1.54, 1.807) is 18.2 Å². The van der Waals surface area contributed by atoms with E-state index in [2.05, 4.69) is 21.2 Å². The van der Waals surface area contributed by atoms with Gasteiger partial charge >= 0.3 is 0 Å². The Balaban J connectivity index is 2.11. The summed E-state index contributed by atoms with van der Waals surface area (Å²) in [5.74, 6) is -0.00256. The van der Waals surface area contributed by atoms with Crippen LogP contribution in [0.1, 0.15) is 24.1 Å². The van der Waals surface area contributed by atoms with Crippen molar-refractivity contribution in [2.75, 3.05) is 7.11 Å². The SMILES string of the molecule is COc1ccc(F)cc1C(C)NCc1ccc(Br)cc1F. The lowest BCUT2D eigenvalue weighted by Gasteiger charge is -2.17. The second-order valence-corrected chi connectivity index (χ2v) is 5.64. The number of hydrogen-bond donors (Lipinski definition) is 1. The van der Waals surface area contributed by atoms with Crippen LogP contribution in [0.15, 0.2) is 40.9 Å². The van der Waals surface area contributed by atoms with E-state index < -0.39 is 0 Å². The van der Waals surface area contributed by atoms with E-state index in [4.69, 9.17) is 4.74 Å². The first kappa shape index (κ1) is 15.9. The highest BCUT2D eigenvalue weighted by atomic mass is 79.9. The minimum Gasteiger partial charge on any atom is -0.496 e. The zero-order chi connectivity index (χ0) is 15.4. The molecule has 2 aromatic carbocycles. The lowest BCUT2D eigenvalue weighted by molar-refractivity contribution is 0.399. The largest absolute Gasteiger partial charge is 0.496 e. The summed E-state index contributed by atoms with van der Waals surface area (Å²) in [4.78, 5) is 0. The minimum absolute atomic E-state index is 0.168. The van der Waals surface area contributed by atoms with Gasteiger partial charge in [-0.05, 0) is 37.3 Å². The van der Waals surface area contributed by atoms with Crippen molar-refractivity contribution in [1.29, 1.82) is 0 Å². The van der Waals surface area contributed by atoms with Crippen molar-refractivity contribution < 1.29 is 13.5 Å². The van der Waals surface area contributed by atoms with Gasteiger partial charge in [-0.25, -0.2) is 8.78 Å². The van der Waals surface area contributed by atoms with Gasteiger partial charge in [0.25, 0.3) is 0 Å². The molecular weight excluding hydrogens is 340 g/mol. The summed E-state index contributed by atoms with van der Waals surface area (Å²) in [6.45, 7) is 2.23. The minimum atomic E-state index is -0.325. The summed E-state index contributed by atoms with van der Waals surface area (Å²) in [5.41, 5.74) is 1.26. The number of rotatable bonds is 5. The molecule has 1 unspecified atom stereocenters. The number of hydrogen-bond acceptors (Lipinski definition) is 2. The smallest absolute Gasteiger partial charge is 0.128 e. The van der Waals surface area contributed by atoms with Crippen LogP contribution in [0.25, 0.3) is 0 Å². The van der Waals surface area contributed by atoms with E-state index in [9.17, 15) is 8.78 Å². The summed E-state index contributed by atoms with van der Waals surface area (Å²) < 4.78 is 33.0. The van der Waals surface area contributed by atoms with Gasteiger partial charge in [-0.2, -0.15) is 0 Å². The van der Waals surface area contributed by atoms with E-state index >= 15 is 0 Å². The number of benzene rings is 2. The van der Waals surface area contributed by atoms with E-state index in [0.29, 0.717) is 27.9 Å². The van der Waals surface area contributed by atoms with Gasteiger partial charge in [-0.1, -0.05) is 22.0 Å². The first-order chi connectivity index (χ1) is 10.0. The number of halogens is 3. The zero-order valence-corrected chi connectivity index (χ0v) is 13.4. The van der Waals surface area contributed by atoms with Crippen LogP contribution in [0.5, 0.6) is 5.75 Å². The van der Waals surface area contributed by atoms with Crippen LogP contribution < -0.4 is 10.1 Å². The third-order valence-corrected chi connectivity index (χ3v) is 3.77. The molecule has 2 rings (SSSR count). The predicted molar refractivity (Wildman–Crippen MR) is 82.3 cm³/mol. The van der Waals surface area contributed by atoms with Crippen molar-refractivity contribution in [3.63, 3.8) is 0 Å². The molecule has 0 saturated carbocycles. The fourth-order valence-electron chi connectivity index (χ4n) is 2.08. The van der Waals surface area contributed by atoms with Gasteiger partial charge in [0.2, 0.25) is 0 Å². The summed E-state index contributed by atoms with van der Waals surface area (Å²) in [6.07, 6.45) is 0. The van der Waals surface area contributed by atoms with Crippen molar-refractivity contribution in [2.45, 2.75) is 19.5 Å². The van der Waals surface area contributed by atoms with E-state index in [0.717, 1.165) is 0 Å². The second kappa shape index (κ2) is 7.00. The molecule has 0 aromatic heterocycles. The maximum atomic E-state index is 13.8. The Morgan fingerprint density at radius 2 is 1.95 bits per heavy atom. The van der Waals surface area contributed by atoms with E-state index in [1.165, 1.54) is 25.3 Å². The van der Waals surface area contributed by atoms with Crippen molar-refractivity contribution in [3.8, 4) is 5.75 Å². The van der Waals surface area contributed by atoms with Gasteiger partial charge in [0, 0.05) is 28.2 Å². The third kappa shape index (κ3) is 4.02. The fourth-order valence-corrected chi connectivity index (χ4v) is 2.41. The van der Waals surface area contributed by atoms with Crippen molar-refractivity contribution in [3.05, 3.63) is 63.6 Å². The molecule has 0 aliphatic rings. The summed E-state index contributed by atoms with van der Waals surface area (Å²) >= 11 is 3.22. The average molecular weight is 356 g/mol. The predicted octanol–water partition coefficient (Wildman–Crippen LogP) is 4.59. The van der Waals surface area contributed by atoms with Gasteiger partial charge in [-0.15, -0.1) is 0 Å². The Morgan fingerprint density at radius 1 is 1.19 bits per heavy atom. The Labute approximate surface area is 131 Å². The van der Waals surface area contributed by atoms with Gasteiger partial charge in [-0.3, -0.25) is 0 Å². The second-order valence-electron chi connectivity index (χ2n) is 4.72. The summed E-state index contributed by atoms with van der Waals surface area (Å²) in [6, 6.07) is 9.11. The normalized spacial score (nSPS) is 12.2. The van der Waals surface area contributed by atoms with Crippen LogP contribution in [0.3, 0.4) is 0 Å². The van der Waals surface area contributed by atoms with Crippen LogP contribution in [0, 0.1) is 11.6 Å². The quantitative estimate of drug-likeness (QED) is 0.846. The molecule has 0 spiro atoms. The third-order valence-electron chi connectivity index (χ3n) is 3.27. The lowest BCUT2D eigenvalue weighted by Crippen LogP contribution is -2.19. The number of ether oxygens (including phenoxy) is 1. The molecule has 0 saturated heterocycles. The molecule has 0 heterocycles. The molecule has 0 aliphatic carbocycles. The molecule has 2 aromatic rings. The number of nitrogens with one attached hydrogen (secondary N) is 1. The molecular formula is C16H16BrF2NO. The molecule has 21 heavy (non-hydrogen) atoms. The molecule has 0 amide bonds. The summed E-state index contributed by atoms with van der Waals surface area (Å²) in [5, 5.41) is 3.18. The Hall–Kier alpha value is -1.46. The highest BCUT2D eigenvalue weighted by Crippen LogP contribution is 2.26. The Bertz CT molecular complexity index is 634.